The molecule has 2 N–H and O–H groups in total. The molecular weight excluding hydrogens is 438 g/mol. The first-order valence-corrected chi connectivity index (χ1v) is 11.8. The third-order valence-electron chi connectivity index (χ3n) is 7.28. The van der Waals surface area contributed by atoms with Crippen molar-refractivity contribution in [3.05, 3.63) is 77.9 Å². The molecule has 1 aromatic carbocycles. The normalized spacial score (nSPS) is 19.7. The van der Waals surface area contributed by atoms with Crippen molar-refractivity contribution >= 4 is 22.8 Å². The lowest BCUT2D eigenvalue weighted by molar-refractivity contribution is 0.201. The van der Waals surface area contributed by atoms with Crippen LogP contribution in [0.5, 0.6) is 0 Å². The van der Waals surface area contributed by atoms with Crippen LogP contribution < -0.4 is 10.6 Å². The SMILES string of the molecule is Cc1cc(-n2ncc3cc(NC(=O)N[C@@H]4CN(C)C(C)(C)[C@H]4c4ccccc4C)ncc32)ccn1. The minimum absolute atomic E-state index is 0.0301. The largest absolute Gasteiger partial charge is 0.333 e. The van der Waals surface area contributed by atoms with Crippen LogP contribution in [0.3, 0.4) is 0 Å². The van der Waals surface area contributed by atoms with Gasteiger partial charge >= 0.3 is 6.03 Å². The molecule has 0 unspecified atom stereocenters. The number of carbonyl (C=O) groups excluding carboxylic acids is 1. The van der Waals surface area contributed by atoms with Gasteiger partial charge in [0.25, 0.3) is 0 Å². The number of nitrogens with one attached hydrogen (secondary N) is 2. The van der Waals surface area contributed by atoms with Crippen LogP contribution in [-0.2, 0) is 0 Å². The number of urea groups is 1. The van der Waals surface area contributed by atoms with Gasteiger partial charge in [-0.25, -0.2) is 14.5 Å². The summed E-state index contributed by atoms with van der Waals surface area (Å²) in [4.78, 5) is 24.1. The quantitative estimate of drug-likeness (QED) is 0.462. The van der Waals surface area contributed by atoms with Crippen LogP contribution in [0, 0.1) is 13.8 Å². The monoisotopic (exact) mass is 469 g/mol. The molecular formula is C27H31N7O. The molecule has 3 aromatic heterocycles. The number of nitrogens with zero attached hydrogens (tertiary/aromatic N) is 5. The van der Waals surface area contributed by atoms with Gasteiger partial charge in [0.05, 0.1) is 29.6 Å². The van der Waals surface area contributed by atoms with E-state index < -0.39 is 0 Å². The van der Waals surface area contributed by atoms with Crippen molar-refractivity contribution in [2.24, 2.45) is 0 Å². The van der Waals surface area contributed by atoms with E-state index in [2.05, 4.69) is 82.7 Å². The first-order chi connectivity index (χ1) is 16.7. The molecule has 0 bridgehead atoms. The lowest BCUT2D eigenvalue weighted by Crippen LogP contribution is -2.44. The van der Waals surface area contributed by atoms with Crippen LogP contribution in [0.2, 0.25) is 0 Å². The predicted molar refractivity (Wildman–Crippen MR) is 138 cm³/mol. The van der Waals surface area contributed by atoms with E-state index in [0.29, 0.717) is 5.82 Å². The highest BCUT2D eigenvalue weighted by atomic mass is 16.2. The zero-order valence-corrected chi connectivity index (χ0v) is 20.8. The highest BCUT2D eigenvalue weighted by molar-refractivity contribution is 5.91. The molecule has 0 aliphatic carbocycles. The van der Waals surface area contributed by atoms with Gasteiger partial charge in [0.2, 0.25) is 0 Å². The molecule has 8 heteroatoms. The molecule has 1 aliphatic rings. The summed E-state index contributed by atoms with van der Waals surface area (Å²) < 4.78 is 1.82. The minimum Gasteiger partial charge on any atom is -0.333 e. The van der Waals surface area contributed by atoms with Gasteiger partial charge < -0.3 is 5.32 Å². The molecule has 8 nitrogen and oxygen atoms in total. The standard InChI is InChI=1S/C27H31N7O/c1-17-8-6-7-9-21(17)25-22(16-33(5)27(25,3)4)31-26(35)32-24-13-19-14-30-34(23(19)15-29-24)20-10-11-28-18(2)12-20/h6-15,22,25H,16H2,1-5H3,(H2,29,31,32,35)/t22-,25+/m1/s1. The molecule has 1 aliphatic heterocycles. The van der Waals surface area contributed by atoms with E-state index in [1.807, 2.05) is 29.8 Å². The second-order valence-electron chi connectivity index (χ2n) is 9.91. The zero-order valence-electron chi connectivity index (χ0n) is 20.8. The smallest absolute Gasteiger partial charge is 0.320 e. The van der Waals surface area contributed by atoms with Crippen LogP contribution in [0.25, 0.3) is 16.6 Å². The molecule has 5 rings (SSSR count). The molecule has 0 saturated carbocycles. The van der Waals surface area contributed by atoms with E-state index in [9.17, 15) is 4.79 Å². The van der Waals surface area contributed by atoms with Crippen molar-refractivity contribution in [2.75, 3.05) is 18.9 Å². The maximum absolute atomic E-state index is 13.0. The van der Waals surface area contributed by atoms with Crippen LogP contribution in [0.15, 0.2) is 61.1 Å². The number of anilines is 1. The average molecular weight is 470 g/mol. The molecule has 1 saturated heterocycles. The Morgan fingerprint density at radius 3 is 2.66 bits per heavy atom. The Morgan fingerprint density at radius 1 is 1.09 bits per heavy atom. The maximum Gasteiger partial charge on any atom is 0.320 e. The van der Waals surface area contributed by atoms with E-state index in [1.54, 1.807) is 18.6 Å². The highest BCUT2D eigenvalue weighted by Crippen LogP contribution is 2.42. The minimum atomic E-state index is -0.260. The van der Waals surface area contributed by atoms with Gasteiger partial charge in [0.15, 0.2) is 0 Å². The number of benzene rings is 1. The molecule has 4 aromatic rings. The number of hydrogen-bond acceptors (Lipinski definition) is 5. The van der Waals surface area contributed by atoms with E-state index in [1.165, 1.54) is 11.1 Å². The number of aromatic nitrogens is 4. The predicted octanol–water partition coefficient (Wildman–Crippen LogP) is 4.43. The van der Waals surface area contributed by atoms with Crippen molar-refractivity contribution < 1.29 is 4.79 Å². The van der Waals surface area contributed by atoms with E-state index in [0.717, 1.165) is 28.8 Å². The van der Waals surface area contributed by atoms with Crippen LogP contribution in [0.4, 0.5) is 10.6 Å². The summed E-state index contributed by atoms with van der Waals surface area (Å²) in [5, 5.41) is 11.5. The Balaban J connectivity index is 1.35. The Kier molecular flexibility index (Phi) is 5.76. The number of rotatable bonds is 4. The molecule has 0 spiro atoms. The molecule has 4 heterocycles. The number of carbonyl (C=O) groups is 1. The van der Waals surface area contributed by atoms with Crippen molar-refractivity contribution in [3.8, 4) is 5.69 Å². The topological polar surface area (TPSA) is 88.0 Å². The van der Waals surface area contributed by atoms with Gasteiger partial charge in [0.1, 0.15) is 5.82 Å². The zero-order chi connectivity index (χ0) is 24.7. The number of hydrogen-bond donors (Lipinski definition) is 2. The fourth-order valence-electron chi connectivity index (χ4n) is 5.21. The molecule has 180 valence electrons. The fraction of sp³-hybridized carbons (Fsp3) is 0.333. The summed E-state index contributed by atoms with van der Waals surface area (Å²) >= 11 is 0. The van der Waals surface area contributed by atoms with Crippen molar-refractivity contribution in [1.82, 2.24) is 30.0 Å². The Morgan fingerprint density at radius 2 is 1.89 bits per heavy atom. The number of pyridine rings is 2. The number of fused-ring (bicyclic) bond motifs is 1. The second-order valence-corrected chi connectivity index (χ2v) is 9.91. The van der Waals surface area contributed by atoms with Crippen LogP contribution >= 0.6 is 0 Å². The third kappa shape index (κ3) is 4.25. The van der Waals surface area contributed by atoms with Crippen molar-refractivity contribution in [1.29, 1.82) is 0 Å². The van der Waals surface area contributed by atoms with Gasteiger partial charge in [-0.15, -0.1) is 0 Å². The van der Waals surface area contributed by atoms with Gasteiger partial charge in [-0.3, -0.25) is 15.2 Å². The summed E-state index contributed by atoms with van der Waals surface area (Å²) in [5.41, 5.74) is 5.11. The van der Waals surface area contributed by atoms with Gasteiger partial charge in [0, 0.05) is 35.3 Å². The Labute approximate surface area is 205 Å². The molecule has 1 fully saturated rings. The summed E-state index contributed by atoms with van der Waals surface area (Å²) in [7, 11) is 2.11. The lowest BCUT2D eigenvalue weighted by Gasteiger charge is -2.35. The van der Waals surface area contributed by atoms with E-state index in [-0.39, 0.29) is 23.5 Å². The molecule has 2 amide bonds. The van der Waals surface area contributed by atoms with Crippen molar-refractivity contribution in [2.45, 2.75) is 45.2 Å². The fourth-order valence-corrected chi connectivity index (χ4v) is 5.21. The number of likely N-dealkylation sites (N-methyl/N-ethyl adjacent to an activating group) is 1. The highest BCUT2D eigenvalue weighted by Gasteiger charge is 2.47. The van der Waals surface area contributed by atoms with Crippen LogP contribution in [-0.4, -0.2) is 55.9 Å². The summed E-state index contributed by atoms with van der Waals surface area (Å²) in [6, 6.07) is 13.9. The lowest BCUT2D eigenvalue weighted by atomic mass is 9.78. The van der Waals surface area contributed by atoms with E-state index >= 15 is 0 Å². The van der Waals surface area contributed by atoms with E-state index in [4.69, 9.17) is 0 Å². The van der Waals surface area contributed by atoms with Crippen LogP contribution in [0.1, 0.15) is 36.6 Å². The summed E-state index contributed by atoms with van der Waals surface area (Å²) in [6.45, 7) is 9.32. The second kappa shape index (κ2) is 8.78. The summed E-state index contributed by atoms with van der Waals surface area (Å²) in [6.07, 6.45) is 5.27. The number of aryl methyl sites for hydroxylation is 2. The first kappa shape index (κ1) is 23.0. The van der Waals surface area contributed by atoms with Crippen molar-refractivity contribution in [3.63, 3.8) is 0 Å². The maximum atomic E-state index is 13.0. The number of likely N-dealkylation sites (tertiary alicyclic amines) is 1. The first-order valence-electron chi connectivity index (χ1n) is 11.8. The van der Waals surface area contributed by atoms with Gasteiger partial charge in [-0.05, 0) is 64.1 Å². The average Bonchev–Trinajstić information content (AvgIpc) is 3.32. The van der Waals surface area contributed by atoms with Gasteiger partial charge in [-0.1, -0.05) is 24.3 Å². The molecule has 2 atom stereocenters. The Hall–Kier alpha value is -3.78. The Bertz CT molecular complexity index is 1390. The van der Waals surface area contributed by atoms with Gasteiger partial charge in [-0.2, -0.15) is 5.10 Å². The molecule has 0 radical (unpaired) electrons. The third-order valence-corrected chi connectivity index (χ3v) is 7.28. The molecule has 35 heavy (non-hydrogen) atoms. The number of amides is 2. The summed E-state index contributed by atoms with van der Waals surface area (Å²) in [5.74, 6) is 0.649.